The number of carbonyl (C=O) groups is 1. The molecule has 1 saturated carbocycles. The molecular formula is C17H20N2O. The van der Waals surface area contributed by atoms with Crippen LogP contribution in [-0.2, 0) is 11.3 Å². The smallest absolute Gasteiger partial charge is 0.227 e. The van der Waals surface area contributed by atoms with Crippen LogP contribution in [-0.4, -0.2) is 19.5 Å². The molecule has 2 aromatic rings. The Labute approximate surface area is 119 Å². The Kier molecular flexibility index (Phi) is 3.45. The van der Waals surface area contributed by atoms with E-state index in [1.807, 2.05) is 19.2 Å². The van der Waals surface area contributed by atoms with Gasteiger partial charge < -0.3 is 10.6 Å². The molecule has 0 heterocycles. The molecule has 1 amide bonds. The standard InChI is InChI=1S/C17H20N2O/c1-18-12-17(8-9-17)16(20)19-11-13-6-7-14-4-2-3-5-15(14)10-13/h2-7,10,18H,8-9,11-12H2,1H3,(H,19,20). The molecule has 0 radical (unpaired) electrons. The molecule has 0 bridgehead atoms. The zero-order chi connectivity index (χ0) is 14.0. The Morgan fingerprint density at radius 2 is 1.90 bits per heavy atom. The van der Waals surface area contributed by atoms with Crippen LogP contribution >= 0.6 is 0 Å². The fourth-order valence-electron chi connectivity index (χ4n) is 2.69. The summed E-state index contributed by atoms with van der Waals surface area (Å²) >= 11 is 0. The molecule has 0 aromatic heterocycles. The summed E-state index contributed by atoms with van der Waals surface area (Å²) in [5.74, 6) is 0.181. The van der Waals surface area contributed by atoms with Gasteiger partial charge in [0.05, 0.1) is 5.41 Å². The first-order valence-corrected chi connectivity index (χ1v) is 7.14. The molecule has 0 aliphatic heterocycles. The molecule has 2 N–H and O–H groups in total. The number of rotatable bonds is 5. The van der Waals surface area contributed by atoms with Gasteiger partial charge in [-0.15, -0.1) is 0 Å². The van der Waals surface area contributed by atoms with Gasteiger partial charge >= 0.3 is 0 Å². The number of hydrogen-bond acceptors (Lipinski definition) is 2. The largest absolute Gasteiger partial charge is 0.352 e. The van der Waals surface area contributed by atoms with Crippen LogP contribution in [0.2, 0.25) is 0 Å². The predicted molar refractivity (Wildman–Crippen MR) is 81.4 cm³/mol. The zero-order valence-corrected chi connectivity index (χ0v) is 11.8. The fraction of sp³-hybridized carbons (Fsp3) is 0.353. The van der Waals surface area contributed by atoms with Crippen LogP contribution in [0, 0.1) is 5.41 Å². The maximum atomic E-state index is 12.2. The van der Waals surface area contributed by atoms with Gasteiger partial charge in [0.15, 0.2) is 0 Å². The molecular weight excluding hydrogens is 248 g/mol. The highest BCUT2D eigenvalue weighted by Crippen LogP contribution is 2.45. The van der Waals surface area contributed by atoms with Crippen molar-refractivity contribution in [2.75, 3.05) is 13.6 Å². The first kappa shape index (κ1) is 13.1. The minimum Gasteiger partial charge on any atom is -0.352 e. The molecule has 3 rings (SSSR count). The molecule has 0 atom stereocenters. The summed E-state index contributed by atoms with van der Waals surface area (Å²) in [6.45, 7) is 1.38. The van der Waals surface area contributed by atoms with Crippen molar-refractivity contribution in [3.63, 3.8) is 0 Å². The molecule has 1 aliphatic rings. The number of nitrogens with one attached hydrogen (secondary N) is 2. The molecule has 2 aromatic carbocycles. The third kappa shape index (κ3) is 2.54. The highest BCUT2D eigenvalue weighted by molar-refractivity contribution is 5.86. The molecule has 3 heteroatoms. The average molecular weight is 268 g/mol. The van der Waals surface area contributed by atoms with Crippen LogP contribution in [0.5, 0.6) is 0 Å². The van der Waals surface area contributed by atoms with Gasteiger partial charge in [0.25, 0.3) is 0 Å². The van der Waals surface area contributed by atoms with Crippen LogP contribution in [0.4, 0.5) is 0 Å². The van der Waals surface area contributed by atoms with Crippen LogP contribution in [0.15, 0.2) is 42.5 Å². The molecule has 1 aliphatic carbocycles. The average Bonchev–Trinajstić information content (AvgIpc) is 3.26. The summed E-state index contributed by atoms with van der Waals surface area (Å²) in [5, 5.41) is 8.64. The second kappa shape index (κ2) is 5.25. The highest BCUT2D eigenvalue weighted by atomic mass is 16.2. The molecule has 0 saturated heterocycles. The van der Waals surface area contributed by atoms with Crippen molar-refractivity contribution in [2.24, 2.45) is 5.41 Å². The third-order valence-electron chi connectivity index (χ3n) is 4.12. The van der Waals surface area contributed by atoms with Gasteiger partial charge in [-0.1, -0.05) is 36.4 Å². The van der Waals surface area contributed by atoms with Crippen molar-refractivity contribution in [3.05, 3.63) is 48.0 Å². The van der Waals surface area contributed by atoms with Crippen molar-refractivity contribution in [2.45, 2.75) is 19.4 Å². The van der Waals surface area contributed by atoms with Crippen LogP contribution in [0.1, 0.15) is 18.4 Å². The molecule has 1 fully saturated rings. The molecule has 104 valence electrons. The van der Waals surface area contributed by atoms with Gasteiger partial charge in [0.2, 0.25) is 5.91 Å². The Morgan fingerprint density at radius 1 is 1.15 bits per heavy atom. The summed E-state index contributed by atoms with van der Waals surface area (Å²) < 4.78 is 0. The quantitative estimate of drug-likeness (QED) is 0.874. The first-order valence-electron chi connectivity index (χ1n) is 7.14. The summed E-state index contributed by atoms with van der Waals surface area (Å²) in [6.07, 6.45) is 1.99. The van der Waals surface area contributed by atoms with E-state index >= 15 is 0 Å². The van der Waals surface area contributed by atoms with Crippen molar-refractivity contribution in [3.8, 4) is 0 Å². The van der Waals surface area contributed by atoms with Crippen LogP contribution < -0.4 is 10.6 Å². The SMILES string of the molecule is CNCC1(C(=O)NCc2ccc3ccccc3c2)CC1. The van der Waals surface area contributed by atoms with Crippen molar-refractivity contribution in [1.82, 2.24) is 10.6 Å². The van der Waals surface area contributed by atoms with Crippen LogP contribution in [0.25, 0.3) is 10.8 Å². The maximum absolute atomic E-state index is 12.2. The second-order valence-electron chi connectivity index (χ2n) is 5.67. The Balaban J connectivity index is 1.66. The van der Waals surface area contributed by atoms with E-state index in [1.165, 1.54) is 10.8 Å². The monoisotopic (exact) mass is 268 g/mol. The van der Waals surface area contributed by atoms with Gasteiger partial charge in [0, 0.05) is 13.1 Å². The molecule has 20 heavy (non-hydrogen) atoms. The van der Waals surface area contributed by atoms with Gasteiger partial charge in [-0.25, -0.2) is 0 Å². The fourth-order valence-corrected chi connectivity index (χ4v) is 2.69. The maximum Gasteiger partial charge on any atom is 0.227 e. The summed E-state index contributed by atoms with van der Waals surface area (Å²) in [4.78, 5) is 12.2. The lowest BCUT2D eigenvalue weighted by atomic mass is 10.1. The van der Waals surface area contributed by atoms with E-state index in [9.17, 15) is 4.79 Å². The normalized spacial score (nSPS) is 16.1. The lowest BCUT2D eigenvalue weighted by Gasteiger charge is -2.14. The van der Waals surface area contributed by atoms with Gasteiger partial charge in [-0.2, -0.15) is 0 Å². The summed E-state index contributed by atoms with van der Waals surface area (Å²) in [5.41, 5.74) is 1.00. The lowest BCUT2D eigenvalue weighted by Crippen LogP contribution is -2.37. The molecule has 3 nitrogen and oxygen atoms in total. The number of fused-ring (bicyclic) bond motifs is 1. The second-order valence-corrected chi connectivity index (χ2v) is 5.67. The number of carbonyl (C=O) groups excluding carboxylic acids is 1. The molecule has 0 spiro atoms. The predicted octanol–water partition coefficient (Wildman–Crippen LogP) is 2.46. The Morgan fingerprint density at radius 3 is 2.60 bits per heavy atom. The van der Waals surface area contributed by atoms with Crippen molar-refractivity contribution < 1.29 is 4.79 Å². The zero-order valence-electron chi connectivity index (χ0n) is 11.8. The Hall–Kier alpha value is -1.87. The minimum atomic E-state index is -0.147. The van der Waals surface area contributed by atoms with Gasteiger partial charge in [-0.05, 0) is 42.3 Å². The van der Waals surface area contributed by atoms with Gasteiger partial charge in [-0.3, -0.25) is 4.79 Å². The summed E-state index contributed by atoms with van der Waals surface area (Å²) in [6, 6.07) is 14.6. The number of benzene rings is 2. The highest BCUT2D eigenvalue weighted by Gasteiger charge is 2.48. The Bertz CT molecular complexity index is 632. The molecule has 0 unspecified atom stereocenters. The topological polar surface area (TPSA) is 41.1 Å². The number of hydrogen-bond donors (Lipinski definition) is 2. The van der Waals surface area contributed by atoms with E-state index in [4.69, 9.17) is 0 Å². The van der Waals surface area contributed by atoms with Crippen molar-refractivity contribution in [1.29, 1.82) is 0 Å². The van der Waals surface area contributed by atoms with Gasteiger partial charge in [0.1, 0.15) is 0 Å². The first-order chi connectivity index (χ1) is 9.73. The van der Waals surface area contributed by atoms with E-state index in [0.29, 0.717) is 6.54 Å². The van der Waals surface area contributed by atoms with Crippen LogP contribution in [0.3, 0.4) is 0 Å². The van der Waals surface area contributed by atoms with Crippen molar-refractivity contribution >= 4 is 16.7 Å². The van der Waals surface area contributed by atoms with E-state index in [-0.39, 0.29) is 11.3 Å². The van der Waals surface area contributed by atoms with E-state index in [1.54, 1.807) is 0 Å². The van der Waals surface area contributed by atoms with E-state index in [0.717, 1.165) is 24.9 Å². The van der Waals surface area contributed by atoms with E-state index in [2.05, 4.69) is 41.0 Å². The lowest BCUT2D eigenvalue weighted by molar-refractivity contribution is -0.126. The minimum absolute atomic E-state index is 0.147. The number of amides is 1. The van der Waals surface area contributed by atoms with E-state index < -0.39 is 0 Å². The summed E-state index contributed by atoms with van der Waals surface area (Å²) in [7, 11) is 1.90. The third-order valence-corrected chi connectivity index (χ3v) is 4.12.